The monoisotopic (exact) mass is 242 g/mol. The summed E-state index contributed by atoms with van der Waals surface area (Å²) in [6, 6.07) is 7.84. The van der Waals surface area contributed by atoms with Crippen molar-refractivity contribution in [2.75, 3.05) is 0 Å². The summed E-state index contributed by atoms with van der Waals surface area (Å²) in [6.07, 6.45) is 1.61. The van der Waals surface area contributed by atoms with Crippen molar-refractivity contribution in [2.45, 2.75) is 39.5 Å². The second-order valence-electron chi connectivity index (χ2n) is 4.62. The zero-order valence-electron chi connectivity index (χ0n) is 11.2. The number of carboxylic acids is 1. The minimum absolute atomic E-state index is 0. The summed E-state index contributed by atoms with van der Waals surface area (Å²) in [6.45, 7) is 6.20. The smallest absolute Gasteiger partial charge is 0.549 e. The summed E-state index contributed by atoms with van der Waals surface area (Å²) in [5.41, 5.74) is 2.10. The molecule has 1 aromatic rings. The molecule has 0 bridgehead atoms. The maximum atomic E-state index is 10.9. The molecule has 0 heterocycles. The van der Waals surface area contributed by atoms with E-state index in [1.165, 1.54) is 5.56 Å². The van der Waals surface area contributed by atoms with Gasteiger partial charge in [0.2, 0.25) is 0 Å². The van der Waals surface area contributed by atoms with Crippen molar-refractivity contribution in [3.8, 4) is 0 Å². The molecule has 0 saturated heterocycles. The molecule has 0 amide bonds. The van der Waals surface area contributed by atoms with Gasteiger partial charge in [-0.1, -0.05) is 45.0 Å². The van der Waals surface area contributed by atoms with Gasteiger partial charge in [-0.15, -0.1) is 0 Å². The fourth-order valence-corrected chi connectivity index (χ4v) is 1.90. The molecular formula is C14H19NaO2. The number of carbonyl (C=O) groups excluding carboxylic acids is 1. The molecule has 0 N–H and O–H groups in total. The van der Waals surface area contributed by atoms with Crippen molar-refractivity contribution in [1.29, 1.82) is 0 Å². The average Bonchev–Trinajstić information content (AvgIpc) is 2.20. The van der Waals surface area contributed by atoms with Gasteiger partial charge in [-0.25, -0.2) is 0 Å². The van der Waals surface area contributed by atoms with Gasteiger partial charge in [-0.05, 0) is 29.9 Å². The average molecular weight is 242 g/mol. The number of carbonyl (C=O) groups is 1. The van der Waals surface area contributed by atoms with E-state index in [1.807, 2.05) is 31.2 Å². The Balaban J connectivity index is 0.00000256. The first-order valence-corrected chi connectivity index (χ1v) is 5.84. The molecule has 0 saturated carbocycles. The quantitative estimate of drug-likeness (QED) is 0.630. The SMILES string of the molecule is CCC(C(=O)[O-])c1ccc(CC(C)C)cc1.[Na+]. The van der Waals surface area contributed by atoms with Crippen LogP contribution >= 0.6 is 0 Å². The van der Waals surface area contributed by atoms with E-state index in [-0.39, 0.29) is 29.6 Å². The van der Waals surface area contributed by atoms with E-state index in [0.717, 1.165) is 12.0 Å². The van der Waals surface area contributed by atoms with Gasteiger partial charge in [0.1, 0.15) is 0 Å². The first kappa shape index (κ1) is 16.7. The fourth-order valence-electron chi connectivity index (χ4n) is 1.90. The van der Waals surface area contributed by atoms with E-state index in [4.69, 9.17) is 0 Å². The molecule has 17 heavy (non-hydrogen) atoms. The predicted molar refractivity (Wildman–Crippen MR) is 63.0 cm³/mol. The van der Waals surface area contributed by atoms with E-state index in [1.54, 1.807) is 0 Å². The third-order valence-corrected chi connectivity index (χ3v) is 2.72. The van der Waals surface area contributed by atoms with Crippen molar-refractivity contribution >= 4 is 5.97 Å². The minimum atomic E-state index is -0.987. The Hall–Kier alpha value is -0.310. The molecule has 0 spiro atoms. The van der Waals surface area contributed by atoms with Crippen molar-refractivity contribution < 1.29 is 39.5 Å². The van der Waals surface area contributed by atoms with Crippen LogP contribution in [0.4, 0.5) is 0 Å². The second kappa shape index (κ2) is 7.91. The molecule has 88 valence electrons. The molecule has 0 aliphatic carbocycles. The van der Waals surface area contributed by atoms with E-state index in [2.05, 4.69) is 13.8 Å². The van der Waals surface area contributed by atoms with Crippen molar-refractivity contribution in [1.82, 2.24) is 0 Å². The second-order valence-corrected chi connectivity index (χ2v) is 4.62. The number of benzene rings is 1. The molecule has 1 rings (SSSR count). The molecule has 0 aliphatic heterocycles. The Morgan fingerprint density at radius 3 is 2.12 bits per heavy atom. The van der Waals surface area contributed by atoms with Crippen LogP contribution in [0.15, 0.2) is 24.3 Å². The van der Waals surface area contributed by atoms with Crippen LogP contribution < -0.4 is 34.7 Å². The summed E-state index contributed by atoms with van der Waals surface area (Å²) in [5.74, 6) is -0.846. The normalized spacial score (nSPS) is 12.0. The van der Waals surface area contributed by atoms with E-state index in [0.29, 0.717) is 12.3 Å². The molecule has 2 nitrogen and oxygen atoms in total. The zero-order valence-corrected chi connectivity index (χ0v) is 13.2. The number of hydrogen-bond acceptors (Lipinski definition) is 2. The summed E-state index contributed by atoms with van der Waals surface area (Å²) in [5, 5.41) is 10.9. The molecule has 0 radical (unpaired) electrons. The maximum absolute atomic E-state index is 10.9. The largest absolute Gasteiger partial charge is 1.00 e. The molecule has 0 fully saturated rings. The Kier molecular flexibility index (Phi) is 7.77. The Bertz CT molecular complexity index is 344. The molecule has 1 unspecified atom stereocenters. The summed E-state index contributed by atoms with van der Waals surface area (Å²) in [7, 11) is 0. The number of carboxylic acid groups (broad SMARTS) is 1. The standard InChI is InChI=1S/C14H20O2.Na/c1-4-13(14(15)16)12-7-5-11(6-8-12)9-10(2)3;/h5-8,10,13H,4,9H2,1-3H3,(H,15,16);/q;+1/p-1. The molecular weight excluding hydrogens is 223 g/mol. The summed E-state index contributed by atoms with van der Waals surface area (Å²) in [4.78, 5) is 10.9. The van der Waals surface area contributed by atoms with Crippen molar-refractivity contribution in [2.24, 2.45) is 5.92 Å². The first-order valence-electron chi connectivity index (χ1n) is 5.84. The van der Waals surface area contributed by atoms with Crippen LogP contribution in [0.5, 0.6) is 0 Å². The maximum Gasteiger partial charge on any atom is 1.00 e. The first-order chi connectivity index (χ1) is 7.54. The van der Waals surface area contributed by atoms with E-state index in [9.17, 15) is 9.90 Å². The predicted octanol–water partition coefficient (Wildman–Crippen LogP) is -0.867. The van der Waals surface area contributed by atoms with Gasteiger partial charge in [0.05, 0.1) is 0 Å². The number of hydrogen-bond donors (Lipinski definition) is 0. The molecule has 1 aromatic carbocycles. The van der Waals surface area contributed by atoms with Gasteiger partial charge in [-0.3, -0.25) is 0 Å². The third-order valence-electron chi connectivity index (χ3n) is 2.72. The van der Waals surface area contributed by atoms with Gasteiger partial charge in [0.25, 0.3) is 0 Å². The van der Waals surface area contributed by atoms with Gasteiger partial charge < -0.3 is 9.90 Å². The van der Waals surface area contributed by atoms with Crippen LogP contribution in [-0.2, 0) is 11.2 Å². The summed E-state index contributed by atoms with van der Waals surface area (Å²) < 4.78 is 0. The minimum Gasteiger partial charge on any atom is -0.549 e. The van der Waals surface area contributed by atoms with Gasteiger partial charge in [0.15, 0.2) is 0 Å². The summed E-state index contributed by atoms with van der Waals surface area (Å²) >= 11 is 0. The Labute approximate surface area is 126 Å². The van der Waals surface area contributed by atoms with Gasteiger partial charge in [0, 0.05) is 11.9 Å². The topological polar surface area (TPSA) is 40.1 Å². The fraction of sp³-hybridized carbons (Fsp3) is 0.500. The van der Waals surface area contributed by atoms with Crippen LogP contribution in [0.3, 0.4) is 0 Å². The molecule has 0 aromatic heterocycles. The van der Waals surface area contributed by atoms with Crippen molar-refractivity contribution in [3.63, 3.8) is 0 Å². The third kappa shape index (κ3) is 5.24. The Morgan fingerprint density at radius 1 is 1.24 bits per heavy atom. The van der Waals surface area contributed by atoms with Crippen LogP contribution in [0.2, 0.25) is 0 Å². The Morgan fingerprint density at radius 2 is 1.76 bits per heavy atom. The number of rotatable bonds is 5. The molecule has 3 heteroatoms. The van der Waals surface area contributed by atoms with Crippen LogP contribution in [0, 0.1) is 5.92 Å². The van der Waals surface area contributed by atoms with Gasteiger partial charge in [-0.2, -0.15) is 0 Å². The van der Waals surface area contributed by atoms with Crippen molar-refractivity contribution in [3.05, 3.63) is 35.4 Å². The van der Waals surface area contributed by atoms with Crippen LogP contribution in [0.25, 0.3) is 0 Å². The van der Waals surface area contributed by atoms with E-state index >= 15 is 0 Å². The van der Waals surface area contributed by atoms with Crippen LogP contribution in [-0.4, -0.2) is 5.97 Å². The molecule has 1 atom stereocenters. The zero-order chi connectivity index (χ0) is 12.1. The van der Waals surface area contributed by atoms with Crippen LogP contribution in [0.1, 0.15) is 44.2 Å². The number of aliphatic carboxylic acids is 1. The van der Waals surface area contributed by atoms with Gasteiger partial charge >= 0.3 is 29.6 Å². The van der Waals surface area contributed by atoms with E-state index < -0.39 is 11.9 Å². The molecule has 0 aliphatic rings.